The first-order valence-corrected chi connectivity index (χ1v) is 12.4. The van der Waals surface area contributed by atoms with Crippen LogP contribution in [0.15, 0.2) is 60.9 Å². The zero-order chi connectivity index (χ0) is 23.1. The van der Waals surface area contributed by atoms with E-state index in [1.807, 2.05) is 22.9 Å². The normalized spacial score (nSPS) is 16.2. The lowest BCUT2D eigenvalue weighted by Gasteiger charge is -2.33. The van der Waals surface area contributed by atoms with Gasteiger partial charge in [-0.05, 0) is 61.0 Å². The highest BCUT2D eigenvalue weighted by Gasteiger charge is 2.28. The summed E-state index contributed by atoms with van der Waals surface area (Å²) < 4.78 is 3.32. The molecule has 0 aliphatic carbocycles. The van der Waals surface area contributed by atoms with Crippen LogP contribution in [0.5, 0.6) is 0 Å². The van der Waals surface area contributed by atoms with E-state index in [0.29, 0.717) is 12.5 Å². The molecule has 0 radical (unpaired) electrons. The summed E-state index contributed by atoms with van der Waals surface area (Å²) in [7, 11) is 0. The number of anilines is 1. The molecule has 0 spiro atoms. The van der Waals surface area contributed by atoms with Crippen molar-refractivity contribution in [1.29, 1.82) is 5.26 Å². The standard InChI is InChI=1S/C27H24N6S/c1-18-25(21-8-4-12-29-26(21)33(18)15-11-28)20-7-5-14-32(17-20)27-30-13-10-22(31-27)24-16-19-6-2-3-9-23(19)34-24/h2-4,6,8-10,12-13,16,20H,5,7,14-15,17H2,1H3/t20-/m0/s1. The number of fused-ring (bicyclic) bond motifs is 2. The van der Waals surface area contributed by atoms with Crippen LogP contribution in [0.2, 0.25) is 0 Å². The molecule has 34 heavy (non-hydrogen) atoms. The second-order valence-electron chi connectivity index (χ2n) is 8.79. The van der Waals surface area contributed by atoms with Crippen molar-refractivity contribution in [2.75, 3.05) is 18.0 Å². The second kappa shape index (κ2) is 8.54. The Hall–Kier alpha value is -3.76. The average Bonchev–Trinajstić information content (AvgIpc) is 3.44. The Morgan fingerprint density at radius 3 is 2.91 bits per heavy atom. The van der Waals surface area contributed by atoms with Crippen LogP contribution < -0.4 is 4.90 Å². The Morgan fingerprint density at radius 1 is 1.12 bits per heavy atom. The van der Waals surface area contributed by atoms with Gasteiger partial charge in [-0.1, -0.05) is 18.2 Å². The molecular weight excluding hydrogens is 440 g/mol. The van der Waals surface area contributed by atoms with E-state index in [1.54, 1.807) is 17.5 Å². The number of aromatic nitrogens is 4. The predicted octanol–water partition coefficient (Wildman–Crippen LogP) is 5.92. The van der Waals surface area contributed by atoms with E-state index < -0.39 is 0 Å². The number of hydrogen-bond acceptors (Lipinski definition) is 6. The van der Waals surface area contributed by atoms with Gasteiger partial charge in [0.05, 0.1) is 16.6 Å². The minimum absolute atomic E-state index is 0.316. The molecule has 1 atom stereocenters. The number of benzene rings is 1. The lowest BCUT2D eigenvalue weighted by atomic mass is 9.89. The highest BCUT2D eigenvalue weighted by molar-refractivity contribution is 7.22. The number of piperidine rings is 1. The van der Waals surface area contributed by atoms with E-state index in [4.69, 9.17) is 4.98 Å². The summed E-state index contributed by atoms with van der Waals surface area (Å²) in [5.41, 5.74) is 4.32. The molecule has 0 bridgehead atoms. The fraction of sp³-hybridized carbons (Fsp3) is 0.259. The molecule has 0 amide bonds. The van der Waals surface area contributed by atoms with Gasteiger partial charge in [0, 0.05) is 47.2 Å². The molecule has 7 heteroatoms. The Balaban J connectivity index is 1.33. The molecule has 1 saturated heterocycles. The number of nitrogens with zero attached hydrogens (tertiary/aromatic N) is 6. The lowest BCUT2D eigenvalue weighted by Crippen LogP contribution is -2.35. The molecule has 4 aromatic heterocycles. The Labute approximate surface area is 202 Å². The van der Waals surface area contributed by atoms with E-state index in [2.05, 4.69) is 64.3 Å². The number of thiophene rings is 1. The van der Waals surface area contributed by atoms with Gasteiger partial charge in [-0.2, -0.15) is 5.26 Å². The van der Waals surface area contributed by atoms with E-state index >= 15 is 0 Å². The van der Waals surface area contributed by atoms with Gasteiger partial charge >= 0.3 is 0 Å². The molecule has 5 heterocycles. The Bertz CT molecular complexity index is 1510. The molecule has 0 saturated carbocycles. The summed E-state index contributed by atoms with van der Waals surface area (Å²) in [6.07, 6.45) is 5.86. The van der Waals surface area contributed by atoms with Crippen molar-refractivity contribution in [3.63, 3.8) is 0 Å². The molecule has 6 nitrogen and oxygen atoms in total. The van der Waals surface area contributed by atoms with Crippen LogP contribution in [0.25, 0.3) is 31.7 Å². The van der Waals surface area contributed by atoms with Crippen molar-refractivity contribution >= 4 is 38.4 Å². The van der Waals surface area contributed by atoms with Gasteiger partial charge in [0.15, 0.2) is 0 Å². The monoisotopic (exact) mass is 464 g/mol. The van der Waals surface area contributed by atoms with Crippen molar-refractivity contribution in [1.82, 2.24) is 19.5 Å². The smallest absolute Gasteiger partial charge is 0.225 e. The summed E-state index contributed by atoms with van der Waals surface area (Å²) in [6, 6.07) is 19.1. The van der Waals surface area contributed by atoms with Crippen LogP contribution in [0.4, 0.5) is 5.95 Å². The third-order valence-corrected chi connectivity index (χ3v) is 7.93. The van der Waals surface area contributed by atoms with Crippen molar-refractivity contribution in [3.05, 3.63) is 72.2 Å². The maximum absolute atomic E-state index is 9.36. The van der Waals surface area contributed by atoms with Gasteiger partial charge in [0.1, 0.15) is 12.2 Å². The fourth-order valence-electron chi connectivity index (χ4n) is 5.24. The summed E-state index contributed by atoms with van der Waals surface area (Å²) in [5, 5.41) is 11.8. The van der Waals surface area contributed by atoms with Crippen LogP contribution in [0, 0.1) is 18.3 Å². The van der Waals surface area contributed by atoms with E-state index in [9.17, 15) is 5.26 Å². The highest BCUT2D eigenvalue weighted by atomic mass is 32.1. The van der Waals surface area contributed by atoms with Crippen LogP contribution in [-0.2, 0) is 6.54 Å². The van der Waals surface area contributed by atoms with Crippen LogP contribution in [-0.4, -0.2) is 32.6 Å². The number of hydrogen-bond donors (Lipinski definition) is 0. The van der Waals surface area contributed by atoms with E-state index in [1.165, 1.54) is 20.5 Å². The van der Waals surface area contributed by atoms with Crippen molar-refractivity contribution in [2.45, 2.75) is 32.2 Å². The molecular formula is C27H24N6S. The van der Waals surface area contributed by atoms with Crippen molar-refractivity contribution in [3.8, 4) is 16.6 Å². The maximum Gasteiger partial charge on any atom is 0.225 e. The lowest BCUT2D eigenvalue weighted by molar-refractivity contribution is 0.503. The third kappa shape index (κ3) is 3.51. The third-order valence-electron chi connectivity index (χ3n) is 6.79. The summed E-state index contributed by atoms with van der Waals surface area (Å²) in [4.78, 5) is 17.7. The van der Waals surface area contributed by atoms with Gasteiger partial charge in [-0.15, -0.1) is 11.3 Å². The van der Waals surface area contributed by atoms with Crippen LogP contribution in [0.1, 0.15) is 30.0 Å². The molecule has 168 valence electrons. The molecule has 1 aliphatic rings. The minimum atomic E-state index is 0.316. The fourth-order valence-corrected chi connectivity index (χ4v) is 6.27. The quantitative estimate of drug-likeness (QED) is 0.330. The molecule has 5 aromatic rings. The zero-order valence-corrected chi connectivity index (χ0v) is 19.8. The van der Waals surface area contributed by atoms with Gasteiger partial charge in [-0.25, -0.2) is 15.0 Å². The topological polar surface area (TPSA) is 70.6 Å². The largest absolute Gasteiger partial charge is 0.340 e. The molecule has 6 rings (SSSR count). The van der Waals surface area contributed by atoms with Gasteiger partial charge in [0.2, 0.25) is 5.95 Å². The Kier molecular flexibility index (Phi) is 5.23. The average molecular weight is 465 g/mol. The van der Waals surface area contributed by atoms with E-state index in [0.717, 1.165) is 54.3 Å². The van der Waals surface area contributed by atoms with Crippen LogP contribution >= 0.6 is 11.3 Å². The summed E-state index contributed by atoms with van der Waals surface area (Å²) >= 11 is 1.77. The van der Waals surface area contributed by atoms with Crippen molar-refractivity contribution in [2.24, 2.45) is 0 Å². The SMILES string of the molecule is Cc1c([C@H]2CCCN(c3nccc(-c4cc5ccccc5s4)n3)C2)c2cccnc2n1CC#N. The molecule has 1 aliphatic heterocycles. The number of pyridine rings is 1. The number of rotatable bonds is 4. The zero-order valence-electron chi connectivity index (χ0n) is 19.0. The van der Waals surface area contributed by atoms with Gasteiger partial charge < -0.3 is 9.47 Å². The molecule has 0 unspecified atom stereocenters. The number of nitriles is 1. The first-order valence-electron chi connectivity index (χ1n) is 11.6. The van der Waals surface area contributed by atoms with Gasteiger partial charge in [-0.3, -0.25) is 0 Å². The molecule has 1 fully saturated rings. The van der Waals surface area contributed by atoms with Crippen molar-refractivity contribution < 1.29 is 0 Å². The maximum atomic E-state index is 9.36. The predicted molar refractivity (Wildman–Crippen MR) is 137 cm³/mol. The van der Waals surface area contributed by atoms with E-state index in [-0.39, 0.29) is 0 Å². The second-order valence-corrected chi connectivity index (χ2v) is 9.88. The molecule has 0 N–H and O–H groups in total. The summed E-state index contributed by atoms with van der Waals surface area (Å²) in [5.74, 6) is 1.13. The molecule has 1 aromatic carbocycles. The Morgan fingerprint density at radius 2 is 2.03 bits per heavy atom. The van der Waals surface area contributed by atoms with Gasteiger partial charge in [0.25, 0.3) is 0 Å². The highest BCUT2D eigenvalue weighted by Crippen LogP contribution is 2.37. The minimum Gasteiger partial charge on any atom is -0.340 e. The summed E-state index contributed by atoms with van der Waals surface area (Å²) in [6.45, 7) is 4.24. The first kappa shape index (κ1) is 20.8. The van der Waals surface area contributed by atoms with Crippen LogP contribution in [0.3, 0.4) is 0 Å². The first-order chi connectivity index (χ1) is 16.7.